The summed E-state index contributed by atoms with van der Waals surface area (Å²) in [6, 6.07) is -1.52. The fourth-order valence-corrected chi connectivity index (χ4v) is 12.5. The number of nitrogen functional groups attached to an aromatic ring is 6. The smallest absolute Gasteiger partial charge is 0.328 e. The number of rotatable bonds is 46. The van der Waals surface area contributed by atoms with E-state index in [-0.39, 0.29) is 173 Å². The molecule has 2 fully saturated rings. The van der Waals surface area contributed by atoms with E-state index in [2.05, 4.69) is 87.4 Å². The first kappa shape index (κ1) is 73.4. The van der Waals surface area contributed by atoms with Gasteiger partial charge in [0.2, 0.25) is 71.1 Å². The zero-order valence-corrected chi connectivity index (χ0v) is 53.1. The number of carbonyl (C=O) groups excluding carboxylic acids is 7. The summed E-state index contributed by atoms with van der Waals surface area (Å²) in [5.41, 5.74) is 32.5. The molecule has 3 aromatic heterocycles. The third-order valence-corrected chi connectivity index (χ3v) is 17.3. The first-order valence-electron chi connectivity index (χ1n) is 29.1. The first-order chi connectivity index (χ1) is 43.2. The van der Waals surface area contributed by atoms with Crippen LogP contribution in [-0.4, -0.2) is 232 Å². The van der Waals surface area contributed by atoms with E-state index >= 15 is 0 Å². The number of nitrogens with zero attached hydrogens (tertiary/aromatic N) is 9. The minimum absolute atomic E-state index is 0.0109. The summed E-state index contributed by atoms with van der Waals surface area (Å²) in [5.74, 6) is 0.415. The van der Waals surface area contributed by atoms with Crippen molar-refractivity contribution < 1.29 is 57.7 Å². The number of fused-ring (bicyclic) bond motifs is 1. The molecule has 2 aliphatic rings. The molecule has 0 spiro atoms. The monoisotopic (exact) mass is 1340 g/mol. The van der Waals surface area contributed by atoms with E-state index in [1.165, 1.54) is 35.3 Å². The molecule has 498 valence electrons. The predicted molar refractivity (Wildman–Crippen MR) is 341 cm³/mol. The zero-order valence-electron chi connectivity index (χ0n) is 49.9. The van der Waals surface area contributed by atoms with Crippen molar-refractivity contribution in [3.8, 4) is 0 Å². The van der Waals surface area contributed by atoms with E-state index in [0.717, 1.165) is 12.2 Å². The lowest BCUT2D eigenvalue weighted by Crippen LogP contribution is -2.59. The van der Waals surface area contributed by atoms with Crippen molar-refractivity contribution in [2.45, 2.75) is 106 Å². The highest BCUT2D eigenvalue weighted by Crippen LogP contribution is 2.33. The molecule has 2 aliphatic heterocycles. The highest BCUT2D eigenvalue weighted by molar-refractivity contribution is 8.00. The Morgan fingerprint density at radius 1 is 0.544 bits per heavy atom. The van der Waals surface area contributed by atoms with Crippen molar-refractivity contribution >= 4 is 130 Å². The standard InChI is InChI=1S/C51H83N23O12S4/c52-44-64-33(65-45(53)71-44)10-19-87-24-39(78)58-13-3-16-84-27-51(28-85-17-4-14-59-40(79)25-88-20-11-34-66-46(54)72-47(55)67-34,29-86-18-5-15-60-41(80)26-89-21-12-35-68-48(56)73-49(57)69-35)74-38(77)9-8-36(75)61-22-30(43(81)82)62-37(76)7-2-1-6-32-42-31(23-90-32)63-50(83)70-42/h30-32,42H,1-29H2,(H,58,78)(H,59,79)(H,60,80)(H,61,75)(H,62,76)(H,74,77)(H,81,82)(H2,63,70,83)(H4,52,53,64,65,71)(H4,54,55,66,67,72)(H4,56,57,68,69,73)/t30-,31-,32-,42-/m0/s1. The van der Waals surface area contributed by atoms with Gasteiger partial charge >= 0.3 is 12.0 Å². The molecule has 3 aromatic rings. The van der Waals surface area contributed by atoms with Crippen LogP contribution in [0.2, 0.25) is 0 Å². The Morgan fingerprint density at radius 2 is 0.967 bits per heavy atom. The van der Waals surface area contributed by atoms with Crippen LogP contribution in [0, 0.1) is 0 Å². The molecule has 0 unspecified atom stereocenters. The maximum Gasteiger partial charge on any atom is 0.328 e. The molecule has 8 amide bonds. The SMILES string of the molecule is Nc1nc(N)nc(CCSCC(=O)NCCCOCC(COCCCNC(=O)CSCCc2nc(N)nc(N)n2)(COCCCNC(=O)CSCCc2nc(N)nc(N)n2)NC(=O)CCC(=O)NC[C@H](NC(=O)CCCC[C@@H]2SC[C@@H]3NC(=O)N[C@@H]32)C(=O)O)n1. The van der Waals surface area contributed by atoms with Gasteiger partial charge in [0.05, 0.1) is 49.2 Å². The summed E-state index contributed by atoms with van der Waals surface area (Å²) < 4.78 is 18.4. The van der Waals surface area contributed by atoms with Gasteiger partial charge in [0.15, 0.2) is 0 Å². The van der Waals surface area contributed by atoms with Crippen LogP contribution in [0.5, 0.6) is 0 Å². The van der Waals surface area contributed by atoms with Crippen molar-refractivity contribution in [2.24, 2.45) is 0 Å². The lowest BCUT2D eigenvalue weighted by Gasteiger charge is -2.34. The Labute approximate surface area is 536 Å². The Hall–Kier alpha value is -7.33. The number of anilines is 6. The molecule has 39 heteroatoms. The van der Waals surface area contributed by atoms with E-state index in [0.29, 0.717) is 86.1 Å². The van der Waals surface area contributed by atoms with Crippen LogP contribution in [-0.2, 0) is 67.0 Å². The minimum Gasteiger partial charge on any atom is -0.480 e. The average molecular weight is 1340 g/mol. The molecule has 4 atom stereocenters. The van der Waals surface area contributed by atoms with E-state index in [1.54, 1.807) is 11.8 Å². The van der Waals surface area contributed by atoms with Gasteiger partial charge in [0.1, 0.15) is 29.1 Å². The lowest BCUT2D eigenvalue weighted by molar-refractivity contribution is -0.142. The molecule has 35 nitrogen and oxygen atoms in total. The Kier molecular flexibility index (Phi) is 33.0. The number of aryl methyl sites for hydroxylation is 3. The van der Waals surface area contributed by atoms with Gasteiger partial charge in [-0.15, -0.1) is 0 Å². The number of aromatic nitrogens is 9. The van der Waals surface area contributed by atoms with Gasteiger partial charge < -0.3 is 96.3 Å². The number of urea groups is 1. The van der Waals surface area contributed by atoms with Crippen LogP contribution in [0.3, 0.4) is 0 Å². The number of amides is 8. The maximum atomic E-state index is 13.9. The van der Waals surface area contributed by atoms with E-state index in [9.17, 15) is 43.5 Å². The fourth-order valence-electron chi connectivity index (χ4n) is 8.72. The number of unbranched alkanes of at least 4 members (excludes halogenated alkanes) is 1. The summed E-state index contributed by atoms with van der Waals surface area (Å²) in [4.78, 5) is 137. The van der Waals surface area contributed by atoms with Crippen molar-refractivity contribution in [3.05, 3.63) is 17.5 Å². The molecule has 5 rings (SSSR count). The molecule has 21 N–H and O–H groups in total. The van der Waals surface area contributed by atoms with Crippen molar-refractivity contribution in [1.29, 1.82) is 0 Å². The number of hydrogen-bond acceptors (Lipinski definition) is 30. The van der Waals surface area contributed by atoms with Gasteiger partial charge in [-0.25, -0.2) is 9.59 Å². The third-order valence-electron chi connectivity index (χ3n) is 13.0. The largest absolute Gasteiger partial charge is 0.480 e. The first-order valence-corrected chi connectivity index (χ1v) is 33.6. The van der Waals surface area contributed by atoms with Crippen LogP contribution < -0.4 is 76.9 Å². The summed E-state index contributed by atoms with van der Waals surface area (Å²) in [6.45, 7) is 0.232. The van der Waals surface area contributed by atoms with Crippen LogP contribution in [0.25, 0.3) is 0 Å². The number of nitrogens with one attached hydrogen (secondary N) is 8. The quantitative estimate of drug-likeness (QED) is 0.0193. The topological polar surface area (TPSA) is 553 Å². The maximum absolute atomic E-state index is 13.9. The second-order valence-corrected chi connectivity index (χ2v) is 25.1. The van der Waals surface area contributed by atoms with Gasteiger partial charge in [-0.05, 0) is 32.1 Å². The van der Waals surface area contributed by atoms with Crippen LogP contribution in [0.15, 0.2) is 0 Å². The number of ether oxygens (including phenoxy) is 3. The Bertz CT molecular complexity index is 2560. The molecule has 5 heterocycles. The molecular weight excluding hydrogens is 1250 g/mol. The normalized spacial score (nSPS) is 15.4. The second-order valence-electron chi connectivity index (χ2n) is 20.5. The van der Waals surface area contributed by atoms with Crippen LogP contribution >= 0.6 is 47.0 Å². The molecule has 0 radical (unpaired) electrons. The van der Waals surface area contributed by atoms with Gasteiger partial charge in [-0.2, -0.15) is 91.9 Å². The number of nitrogens with two attached hydrogens (primary N) is 6. The number of hydrogen-bond donors (Lipinski definition) is 15. The lowest BCUT2D eigenvalue weighted by atomic mass is 10.0. The Balaban J connectivity index is 1.13. The number of aliphatic carboxylic acids is 1. The molecule has 0 saturated carbocycles. The highest BCUT2D eigenvalue weighted by atomic mass is 32.2. The number of thioether (sulfide) groups is 4. The molecule has 2 saturated heterocycles. The van der Waals surface area contributed by atoms with Crippen molar-refractivity contribution in [3.63, 3.8) is 0 Å². The molecular formula is C51H83N23O12S4. The summed E-state index contributed by atoms with van der Waals surface area (Å²) >= 11 is 5.86. The van der Waals surface area contributed by atoms with Crippen LogP contribution in [0.1, 0.15) is 75.3 Å². The van der Waals surface area contributed by atoms with Gasteiger partial charge in [-0.3, -0.25) is 28.8 Å². The van der Waals surface area contributed by atoms with E-state index in [1.807, 2.05) is 0 Å². The van der Waals surface area contributed by atoms with E-state index < -0.39 is 41.8 Å². The van der Waals surface area contributed by atoms with Gasteiger partial charge in [0.25, 0.3) is 0 Å². The Morgan fingerprint density at radius 3 is 1.39 bits per heavy atom. The third kappa shape index (κ3) is 30.0. The van der Waals surface area contributed by atoms with Crippen LogP contribution in [0.4, 0.5) is 40.5 Å². The van der Waals surface area contributed by atoms with Gasteiger partial charge in [0, 0.05) is 113 Å². The van der Waals surface area contributed by atoms with E-state index in [4.69, 9.17) is 48.6 Å². The molecule has 0 aliphatic carbocycles. The summed E-state index contributed by atoms with van der Waals surface area (Å²) in [6.07, 6.45) is 3.69. The van der Waals surface area contributed by atoms with Crippen molar-refractivity contribution in [2.75, 3.05) is 140 Å². The zero-order chi connectivity index (χ0) is 65.1. The average Bonchev–Trinajstić information content (AvgIpc) is 1.91. The molecule has 90 heavy (non-hydrogen) atoms. The van der Waals surface area contributed by atoms with Gasteiger partial charge in [-0.1, -0.05) is 6.42 Å². The van der Waals surface area contributed by atoms with Crippen molar-refractivity contribution in [1.82, 2.24) is 87.4 Å². The second kappa shape index (κ2) is 40.4. The number of carbonyl (C=O) groups is 8. The number of carboxylic acid groups (broad SMARTS) is 1. The molecule has 0 bridgehead atoms. The predicted octanol–water partition coefficient (Wildman–Crippen LogP) is -3.42. The summed E-state index contributed by atoms with van der Waals surface area (Å²) in [5, 5.41) is 32.4. The summed E-state index contributed by atoms with van der Waals surface area (Å²) in [7, 11) is 0. The number of carboxylic acids is 1. The minimum atomic E-state index is -1.44. The fraction of sp³-hybridized carbons (Fsp3) is 0.667. The highest BCUT2D eigenvalue weighted by Gasteiger charge is 2.42. The molecule has 0 aromatic carbocycles.